The summed E-state index contributed by atoms with van der Waals surface area (Å²) in [5, 5.41) is 13.3. The van der Waals surface area contributed by atoms with E-state index in [0.717, 1.165) is 0 Å². The maximum Gasteiger partial charge on any atom is 0.261 e. The van der Waals surface area contributed by atoms with Crippen molar-refractivity contribution >= 4 is 40.6 Å². The van der Waals surface area contributed by atoms with Gasteiger partial charge in [0, 0.05) is 17.0 Å². The summed E-state index contributed by atoms with van der Waals surface area (Å²) in [4.78, 5) is 22.9. The minimum atomic E-state index is -1.88. The van der Waals surface area contributed by atoms with Crippen LogP contribution < -0.4 is 5.32 Å². The number of Topliss-reactive ketones (excluding diaryl/α,β-unsaturated/α-hetero) is 1. The molecule has 2 N–H and O–H groups in total. The third-order valence-electron chi connectivity index (χ3n) is 2.62. The molecule has 1 amide bonds. The lowest BCUT2D eigenvalue weighted by molar-refractivity contribution is -0.139. The molecule has 1 unspecified atom stereocenters. The lowest BCUT2D eigenvalue weighted by Gasteiger charge is -2.19. The molecule has 1 aromatic carbocycles. The Bertz CT molecular complexity index is 530. The van der Waals surface area contributed by atoms with Crippen molar-refractivity contribution in [1.29, 1.82) is 0 Å². The van der Waals surface area contributed by atoms with Crippen LogP contribution >= 0.6 is 23.2 Å². The predicted octanol–water partition coefficient (Wildman–Crippen LogP) is 2.11. The Hall–Kier alpha value is -1.10. The molecule has 0 saturated carbocycles. The standard InChI is InChI=1S/C11H9Cl2NO3/c1-5(15)4-11(17)7-2-6(12)3-8(13)9(7)14-10(11)16/h2-3,17H,4H2,1H3,(H,14,16). The van der Waals surface area contributed by atoms with E-state index in [1.54, 1.807) is 0 Å². The van der Waals surface area contributed by atoms with Gasteiger partial charge in [-0.05, 0) is 19.1 Å². The van der Waals surface area contributed by atoms with Crippen LogP contribution in [-0.4, -0.2) is 16.8 Å². The second-order valence-corrected chi connectivity index (χ2v) is 4.85. The van der Waals surface area contributed by atoms with Crippen LogP contribution in [0.1, 0.15) is 18.9 Å². The SMILES string of the molecule is CC(=O)CC1(O)C(=O)Nc2c(Cl)cc(Cl)cc21. The monoisotopic (exact) mass is 273 g/mol. The molecule has 1 aliphatic heterocycles. The molecular formula is C11H9Cl2NO3. The molecule has 90 valence electrons. The van der Waals surface area contributed by atoms with Crippen molar-refractivity contribution in [2.75, 3.05) is 5.32 Å². The summed E-state index contributed by atoms with van der Waals surface area (Å²) in [6.45, 7) is 1.30. The quantitative estimate of drug-likeness (QED) is 0.868. The Kier molecular flexibility index (Phi) is 2.89. The molecule has 4 nitrogen and oxygen atoms in total. The Morgan fingerprint density at radius 3 is 2.71 bits per heavy atom. The zero-order valence-electron chi connectivity index (χ0n) is 8.88. The first-order chi connectivity index (χ1) is 7.84. The van der Waals surface area contributed by atoms with Crippen molar-refractivity contribution in [3.63, 3.8) is 0 Å². The first-order valence-corrected chi connectivity index (χ1v) is 5.63. The summed E-state index contributed by atoms with van der Waals surface area (Å²) in [5.41, 5.74) is -1.32. The normalized spacial score (nSPS) is 22.2. The first-order valence-electron chi connectivity index (χ1n) is 4.87. The predicted molar refractivity (Wildman–Crippen MR) is 64.3 cm³/mol. The number of hydrogen-bond acceptors (Lipinski definition) is 3. The Balaban J connectivity index is 2.60. The van der Waals surface area contributed by atoms with E-state index in [9.17, 15) is 14.7 Å². The lowest BCUT2D eigenvalue weighted by Crippen LogP contribution is -2.35. The van der Waals surface area contributed by atoms with Crippen LogP contribution in [0.25, 0.3) is 0 Å². The minimum Gasteiger partial charge on any atom is -0.375 e. The van der Waals surface area contributed by atoms with E-state index in [1.807, 2.05) is 0 Å². The highest BCUT2D eigenvalue weighted by Gasteiger charge is 2.47. The fraction of sp³-hybridized carbons (Fsp3) is 0.273. The number of aliphatic hydroxyl groups is 1. The number of anilines is 1. The third-order valence-corrected chi connectivity index (χ3v) is 3.14. The van der Waals surface area contributed by atoms with E-state index in [0.29, 0.717) is 10.7 Å². The van der Waals surface area contributed by atoms with E-state index >= 15 is 0 Å². The van der Waals surface area contributed by atoms with Gasteiger partial charge in [-0.15, -0.1) is 0 Å². The van der Waals surface area contributed by atoms with Crippen LogP contribution in [0.2, 0.25) is 10.0 Å². The maximum atomic E-state index is 11.7. The van der Waals surface area contributed by atoms with Crippen molar-refractivity contribution in [3.05, 3.63) is 27.7 Å². The highest BCUT2D eigenvalue weighted by atomic mass is 35.5. The largest absolute Gasteiger partial charge is 0.375 e. The number of ketones is 1. The minimum absolute atomic E-state index is 0.236. The molecule has 17 heavy (non-hydrogen) atoms. The summed E-state index contributed by atoms with van der Waals surface area (Å²) in [7, 11) is 0. The van der Waals surface area contributed by atoms with Crippen molar-refractivity contribution < 1.29 is 14.7 Å². The second kappa shape index (κ2) is 3.98. The number of carbonyl (C=O) groups excluding carboxylic acids is 2. The number of rotatable bonds is 2. The number of nitrogens with one attached hydrogen (secondary N) is 1. The van der Waals surface area contributed by atoms with Gasteiger partial charge in [-0.25, -0.2) is 0 Å². The van der Waals surface area contributed by atoms with Gasteiger partial charge in [-0.3, -0.25) is 9.59 Å². The van der Waals surface area contributed by atoms with Crippen molar-refractivity contribution in [2.24, 2.45) is 0 Å². The van der Waals surface area contributed by atoms with Crippen LogP contribution in [0, 0.1) is 0 Å². The molecule has 0 radical (unpaired) electrons. The molecule has 6 heteroatoms. The van der Waals surface area contributed by atoms with Gasteiger partial charge in [0.15, 0.2) is 5.60 Å². The summed E-state index contributed by atoms with van der Waals surface area (Å²) in [6, 6.07) is 2.89. The highest BCUT2D eigenvalue weighted by Crippen LogP contribution is 2.43. The highest BCUT2D eigenvalue weighted by molar-refractivity contribution is 6.37. The van der Waals surface area contributed by atoms with E-state index in [2.05, 4.69) is 5.32 Å². The van der Waals surface area contributed by atoms with Gasteiger partial charge in [0.2, 0.25) is 0 Å². The van der Waals surface area contributed by atoms with Crippen LogP contribution in [0.3, 0.4) is 0 Å². The fourth-order valence-electron chi connectivity index (χ4n) is 1.90. The van der Waals surface area contributed by atoms with Gasteiger partial charge < -0.3 is 10.4 Å². The van der Waals surface area contributed by atoms with Gasteiger partial charge in [0.25, 0.3) is 5.91 Å². The molecule has 1 heterocycles. The third kappa shape index (κ3) is 1.92. The van der Waals surface area contributed by atoms with Crippen LogP contribution in [0.5, 0.6) is 0 Å². The summed E-state index contributed by atoms with van der Waals surface area (Å²) in [6.07, 6.45) is -0.303. The van der Waals surface area contributed by atoms with E-state index in [4.69, 9.17) is 23.2 Å². The number of carbonyl (C=O) groups is 2. The molecule has 1 atom stereocenters. The van der Waals surface area contributed by atoms with Crippen molar-refractivity contribution in [3.8, 4) is 0 Å². The average molecular weight is 274 g/mol. The van der Waals surface area contributed by atoms with Crippen LogP contribution in [0.15, 0.2) is 12.1 Å². The van der Waals surface area contributed by atoms with E-state index < -0.39 is 11.5 Å². The summed E-state index contributed by atoms with van der Waals surface area (Å²) in [5.74, 6) is -0.960. The Morgan fingerprint density at radius 2 is 2.12 bits per heavy atom. The van der Waals surface area contributed by atoms with E-state index in [-0.39, 0.29) is 22.8 Å². The number of hydrogen-bond donors (Lipinski definition) is 2. The van der Waals surface area contributed by atoms with Gasteiger partial charge in [0.05, 0.1) is 10.7 Å². The van der Waals surface area contributed by atoms with Gasteiger partial charge in [-0.1, -0.05) is 23.2 Å². The molecule has 0 fully saturated rings. The molecule has 1 aromatic rings. The molecule has 0 spiro atoms. The second-order valence-electron chi connectivity index (χ2n) is 4.00. The topological polar surface area (TPSA) is 66.4 Å². The van der Waals surface area contributed by atoms with Crippen LogP contribution in [-0.2, 0) is 15.2 Å². The van der Waals surface area contributed by atoms with Crippen molar-refractivity contribution in [2.45, 2.75) is 18.9 Å². The summed E-state index contributed by atoms with van der Waals surface area (Å²) >= 11 is 11.7. The molecule has 0 aliphatic carbocycles. The average Bonchev–Trinajstić information content (AvgIpc) is 2.41. The maximum absolute atomic E-state index is 11.7. The lowest BCUT2D eigenvalue weighted by atomic mass is 9.90. The van der Waals surface area contributed by atoms with Crippen LogP contribution in [0.4, 0.5) is 5.69 Å². The molecule has 0 aromatic heterocycles. The zero-order valence-corrected chi connectivity index (χ0v) is 10.4. The van der Waals surface area contributed by atoms with E-state index in [1.165, 1.54) is 19.1 Å². The molecule has 0 saturated heterocycles. The number of amides is 1. The fourth-order valence-corrected chi connectivity index (χ4v) is 2.44. The molecule has 2 rings (SSSR count). The number of fused-ring (bicyclic) bond motifs is 1. The zero-order chi connectivity index (χ0) is 12.8. The van der Waals surface area contributed by atoms with Gasteiger partial charge >= 0.3 is 0 Å². The Morgan fingerprint density at radius 1 is 1.47 bits per heavy atom. The first kappa shape index (κ1) is 12.4. The number of benzene rings is 1. The molecule has 1 aliphatic rings. The number of halogens is 2. The molecule has 0 bridgehead atoms. The summed E-state index contributed by atoms with van der Waals surface area (Å²) < 4.78 is 0. The van der Waals surface area contributed by atoms with Gasteiger partial charge in [0.1, 0.15) is 5.78 Å². The molecular weight excluding hydrogens is 265 g/mol. The van der Waals surface area contributed by atoms with Gasteiger partial charge in [-0.2, -0.15) is 0 Å². The van der Waals surface area contributed by atoms with Crippen molar-refractivity contribution in [1.82, 2.24) is 0 Å². The smallest absolute Gasteiger partial charge is 0.261 e. The Labute approximate surface area is 108 Å².